The fourth-order valence-corrected chi connectivity index (χ4v) is 6.22. The van der Waals surface area contributed by atoms with E-state index >= 15 is 0 Å². The fourth-order valence-electron chi connectivity index (χ4n) is 5.67. The molecular formula is C24H39N3O2S. The number of ether oxygens (including phenoxy) is 1. The van der Waals surface area contributed by atoms with E-state index < -0.39 is 0 Å². The van der Waals surface area contributed by atoms with E-state index in [1.165, 1.54) is 32.1 Å². The van der Waals surface area contributed by atoms with Gasteiger partial charge in [-0.25, -0.2) is 4.98 Å². The lowest BCUT2D eigenvalue weighted by Crippen LogP contribution is -2.51. The van der Waals surface area contributed by atoms with E-state index in [1.807, 2.05) is 11.6 Å². The van der Waals surface area contributed by atoms with E-state index in [9.17, 15) is 4.79 Å². The number of likely N-dealkylation sites (tertiary alicyclic amines) is 2. The molecule has 3 fully saturated rings. The fraction of sp³-hybridized carbons (Fsp3) is 0.833. The van der Waals surface area contributed by atoms with Gasteiger partial charge >= 0.3 is 0 Å². The number of thiazole rings is 1. The van der Waals surface area contributed by atoms with Crippen LogP contribution < -0.4 is 4.74 Å². The summed E-state index contributed by atoms with van der Waals surface area (Å²) >= 11 is 1.58. The lowest BCUT2D eigenvalue weighted by molar-refractivity contribution is -0.138. The first kappa shape index (κ1) is 22.1. The normalized spacial score (nSPS) is 27.3. The van der Waals surface area contributed by atoms with Crippen molar-refractivity contribution >= 4 is 17.2 Å². The third-order valence-electron chi connectivity index (χ3n) is 7.61. The lowest BCUT2D eigenvalue weighted by Gasteiger charge is -2.42. The van der Waals surface area contributed by atoms with E-state index in [4.69, 9.17) is 4.74 Å². The number of unbranched alkanes of at least 4 members (excludes halogenated alkanes) is 1. The Hall–Kier alpha value is -1.14. The van der Waals surface area contributed by atoms with Crippen molar-refractivity contribution in [1.82, 2.24) is 14.8 Å². The number of carbonyl (C=O) groups is 1. The second kappa shape index (κ2) is 10.9. The largest absolute Gasteiger partial charge is 0.467 e. The molecule has 4 rings (SSSR count). The van der Waals surface area contributed by atoms with Crippen molar-refractivity contribution < 1.29 is 9.53 Å². The zero-order valence-electron chi connectivity index (χ0n) is 18.6. The molecule has 0 bridgehead atoms. The number of carbonyl (C=O) groups excluding carboxylic acids is 1. The van der Waals surface area contributed by atoms with E-state index in [1.54, 1.807) is 11.3 Å². The van der Waals surface area contributed by atoms with Crippen LogP contribution >= 0.6 is 11.3 Å². The van der Waals surface area contributed by atoms with Gasteiger partial charge in [-0.3, -0.25) is 9.69 Å². The number of rotatable bonds is 7. The predicted octanol–water partition coefficient (Wildman–Crippen LogP) is 4.97. The summed E-state index contributed by atoms with van der Waals surface area (Å²) in [5.41, 5.74) is 0. The van der Waals surface area contributed by atoms with Gasteiger partial charge in [0, 0.05) is 49.7 Å². The molecule has 2 saturated heterocycles. The molecule has 5 nitrogen and oxygen atoms in total. The summed E-state index contributed by atoms with van der Waals surface area (Å²) in [5, 5.41) is 2.78. The molecule has 1 amide bonds. The van der Waals surface area contributed by atoms with Gasteiger partial charge in [0.05, 0.1) is 0 Å². The minimum Gasteiger partial charge on any atom is -0.467 e. The van der Waals surface area contributed by atoms with Crippen molar-refractivity contribution in [3.8, 4) is 5.19 Å². The van der Waals surface area contributed by atoms with E-state index in [0.29, 0.717) is 24.0 Å². The Morgan fingerprint density at radius 2 is 1.80 bits per heavy atom. The van der Waals surface area contributed by atoms with Gasteiger partial charge in [0.2, 0.25) is 5.91 Å². The molecule has 3 aliphatic rings. The summed E-state index contributed by atoms with van der Waals surface area (Å²) in [6.07, 6.45) is 15.4. The Labute approximate surface area is 186 Å². The molecule has 1 aromatic rings. The topological polar surface area (TPSA) is 45.7 Å². The highest BCUT2D eigenvalue weighted by Gasteiger charge is 2.33. The van der Waals surface area contributed by atoms with Gasteiger partial charge in [-0.15, -0.1) is 0 Å². The molecule has 0 aromatic carbocycles. The van der Waals surface area contributed by atoms with Gasteiger partial charge in [0.1, 0.15) is 6.10 Å². The van der Waals surface area contributed by atoms with Crippen LogP contribution in [0.15, 0.2) is 11.6 Å². The standard InChI is InChI=1S/C24H39N3O2S/c1-2-3-4-19-5-7-20(8-6-19)23(28)27-14-9-21(10-15-27)26-16-11-22(12-17-26)29-24-25-13-18-30-24/h13,18-22H,2-12,14-17H2,1H3. The smallest absolute Gasteiger partial charge is 0.273 e. The minimum absolute atomic E-state index is 0.304. The first-order chi connectivity index (χ1) is 14.7. The van der Waals surface area contributed by atoms with Crippen molar-refractivity contribution in [2.75, 3.05) is 26.2 Å². The second-order valence-corrected chi connectivity index (χ2v) is 10.4. The summed E-state index contributed by atoms with van der Waals surface area (Å²) in [7, 11) is 0. The highest BCUT2D eigenvalue weighted by molar-refractivity contribution is 7.11. The molecule has 168 valence electrons. The summed E-state index contributed by atoms with van der Waals surface area (Å²) in [6, 6.07) is 0.639. The maximum atomic E-state index is 13.0. The first-order valence-corrected chi connectivity index (χ1v) is 13.2. The molecule has 0 radical (unpaired) electrons. The van der Waals surface area contributed by atoms with Gasteiger partial charge in [-0.05, 0) is 57.3 Å². The SMILES string of the molecule is CCCCC1CCC(C(=O)N2CCC(N3CCC(Oc4nccs4)CC3)CC2)CC1. The van der Waals surface area contributed by atoms with Crippen LogP contribution in [0.5, 0.6) is 5.19 Å². The zero-order valence-corrected chi connectivity index (χ0v) is 19.5. The van der Waals surface area contributed by atoms with E-state index in [0.717, 1.165) is 75.8 Å². The van der Waals surface area contributed by atoms with Crippen LogP contribution in [0.4, 0.5) is 0 Å². The Kier molecular flexibility index (Phi) is 8.05. The molecule has 1 aliphatic carbocycles. The molecule has 1 aromatic heterocycles. The third kappa shape index (κ3) is 5.76. The Morgan fingerprint density at radius 3 is 2.43 bits per heavy atom. The Balaban J connectivity index is 1.15. The van der Waals surface area contributed by atoms with Gasteiger partial charge in [-0.1, -0.05) is 37.5 Å². The summed E-state index contributed by atoms with van der Waals surface area (Å²) in [5.74, 6) is 1.64. The van der Waals surface area contributed by atoms with Crippen LogP contribution in [0.25, 0.3) is 0 Å². The van der Waals surface area contributed by atoms with Crippen molar-refractivity contribution in [1.29, 1.82) is 0 Å². The van der Waals surface area contributed by atoms with E-state index in [2.05, 4.69) is 21.7 Å². The summed E-state index contributed by atoms with van der Waals surface area (Å²) < 4.78 is 6.00. The average Bonchev–Trinajstić information content (AvgIpc) is 3.31. The van der Waals surface area contributed by atoms with Crippen LogP contribution in [-0.4, -0.2) is 59.0 Å². The zero-order chi connectivity index (χ0) is 20.8. The maximum Gasteiger partial charge on any atom is 0.273 e. The van der Waals surface area contributed by atoms with Crippen molar-refractivity contribution in [3.63, 3.8) is 0 Å². The van der Waals surface area contributed by atoms with E-state index in [-0.39, 0.29) is 0 Å². The van der Waals surface area contributed by atoms with Crippen molar-refractivity contribution in [2.45, 2.75) is 89.7 Å². The highest BCUT2D eigenvalue weighted by atomic mass is 32.1. The maximum absolute atomic E-state index is 13.0. The summed E-state index contributed by atoms with van der Waals surface area (Å²) in [6.45, 7) is 6.40. The quantitative estimate of drug-likeness (QED) is 0.609. The average molecular weight is 434 g/mol. The van der Waals surface area contributed by atoms with Crippen LogP contribution in [-0.2, 0) is 4.79 Å². The Morgan fingerprint density at radius 1 is 1.07 bits per heavy atom. The van der Waals surface area contributed by atoms with Gasteiger partial charge in [0.15, 0.2) is 0 Å². The van der Waals surface area contributed by atoms with Crippen LogP contribution in [0.3, 0.4) is 0 Å². The van der Waals surface area contributed by atoms with Crippen LogP contribution in [0.2, 0.25) is 0 Å². The molecule has 3 heterocycles. The number of piperidine rings is 2. The third-order valence-corrected chi connectivity index (χ3v) is 8.27. The molecule has 0 unspecified atom stereocenters. The monoisotopic (exact) mass is 433 g/mol. The number of hydrogen-bond acceptors (Lipinski definition) is 5. The van der Waals surface area contributed by atoms with Gasteiger partial charge in [-0.2, -0.15) is 0 Å². The summed E-state index contributed by atoms with van der Waals surface area (Å²) in [4.78, 5) is 22.1. The molecule has 0 spiro atoms. The number of aromatic nitrogens is 1. The molecule has 0 N–H and O–H groups in total. The Bertz CT molecular complexity index is 629. The van der Waals surface area contributed by atoms with Gasteiger partial charge in [0.25, 0.3) is 5.19 Å². The second-order valence-electron chi connectivity index (χ2n) is 9.57. The molecule has 6 heteroatoms. The number of nitrogens with zero attached hydrogens (tertiary/aromatic N) is 3. The molecule has 30 heavy (non-hydrogen) atoms. The minimum atomic E-state index is 0.304. The molecule has 1 saturated carbocycles. The van der Waals surface area contributed by atoms with Crippen LogP contribution in [0.1, 0.15) is 77.6 Å². The molecule has 2 aliphatic heterocycles. The highest BCUT2D eigenvalue weighted by Crippen LogP contribution is 2.34. The predicted molar refractivity (Wildman–Crippen MR) is 122 cm³/mol. The van der Waals surface area contributed by atoms with Crippen molar-refractivity contribution in [2.24, 2.45) is 11.8 Å². The molecular weight excluding hydrogens is 394 g/mol. The van der Waals surface area contributed by atoms with Gasteiger partial charge < -0.3 is 9.64 Å². The number of hydrogen-bond donors (Lipinski definition) is 0. The molecule has 0 atom stereocenters. The van der Waals surface area contributed by atoms with Crippen LogP contribution in [0, 0.1) is 11.8 Å². The lowest BCUT2D eigenvalue weighted by atomic mass is 9.79. The van der Waals surface area contributed by atoms with Crippen molar-refractivity contribution in [3.05, 3.63) is 11.6 Å². The first-order valence-electron chi connectivity index (χ1n) is 12.3. The number of amides is 1.